The van der Waals surface area contributed by atoms with Crippen LogP contribution >= 0.6 is 11.6 Å². The van der Waals surface area contributed by atoms with E-state index in [1.807, 2.05) is 0 Å². The summed E-state index contributed by atoms with van der Waals surface area (Å²) in [6, 6.07) is 5.04. The molecule has 27 heavy (non-hydrogen) atoms. The van der Waals surface area contributed by atoms with E-state index in [-0.39, 0.29) is 16.4 Å². The molecule has 1 aliphatic heterocycles. The van der Waals surface area contributed by atoms with Gasteiger partial charge in [-0.25, -0.2) is 13.6 Å². The summed E-state index contributed by atoms with van der Waals surface area (Å²) in [6.07, 6.45) is 1.75. The second-order valence-electron chi connectivity index (χ2n) is 6.02. The zero-order chi connectivity index (χ0) is 19.6. The van der Waals surface area contributed by atoms with Crippen LogP contribution in [0.2, 0.25) is 5.02 Å². The van der Waals surface area contributed by atoms with Crippen LogP contribution in [-0.4, -0.2) is 35.0 Å². The molecule has 6 nitrogen and oxygen atoms in total. The van der Waals surface area contributed by atoms with Crippen LogP contribution < -0.4 is 10.6 Å². The number of amides is 3. The molecule has 3 amide bonds. The van der Waals surface area contributed by atoms with Crippen LogP contribution in [0.15, 0.2) is 30.3 Å². The van der Waals surface area contributed by atoms with Gasteiger partial charge in [0.15, 0.2) is 0 Å². The number of urea groups is 1. The van der Waals surface area contributed by atoms with Crippen LogP contribution in [0.3, 0.4) is 0 Å². The highest BCUT2D eigenvalue weighted by atomic mass is 35.5. The number of hydrogen-bond acceptors (Lipinski definition) is 3. The average Bonchev–Trinajstić information content (AvgIpc) is 3.15. The summed E-state index contributed by atoms with van der Waals surface area (Å²) in [6.45, 7) is 1.15. The molecule has 0 radical (unpaired) electrons. The number of anilines is 2. The summed E-state index contributed by atoms with van der Waals surface area (Å²) >= 11 is 5.83. The van der Waals surface area contributed by atoms with Gasteiger partial charge in [0.05, 0.1) is 22.0 Å². The average molecular weight is 396 g/mol. The van der Waals surface area contributed by atoms with Gasteiger partial charge >= 0.3 is 6.03 Å². The van der Waals surface area contributed by atoms with E-state index in [0.29, 0.717) is 13.1 Å². The zero-order valence-corrected chi connectivity index (χ0v) is 14.8. The Balaban J connectivity index is 1.79. The molecule has 9 heteroatoms. The normalized spacial score (nSPS) is 13.5. The van der Waals surface area contributed by atoms with Gasteiger partial charge in [0, 0.05) is 19.2 Å². The molecule has 3 rings (SSSR count). The summed E-state index contributed by atoms with van der Waals surface area (Å²) in [5.41, 5.74) is -0.966. The fourth-order valence-corrected chi connectivity index (χ4v) is 2.96. The number of hydrogen-bond donors (Lipinski definition) is 3. The van der Waals surface area contributed by atoms with Crippen molar-refractivity contribution in [2.45, 2.75) is 12.8 Å². The molecule has 2 aromatic rings. The molecule has 0 aliphatic carbocycles. The Labute approximate surface area is 158 Å². The van der Waals surface area contributed by atoms with Gasteiger partial charge in [0.25, 0.3) is 5.91 Å². The Morgan fingerprint density at radius 3 is 2.44 bits per heavy atom. The Bertz CT molecular complexity index is 881. The predicted octanol–water partition coefficient (Wildman–Crippen LogP) is 4.20. The highest BCUT2D eigenvalue weighted by Crippen LogP contribution is 2.29. The summed E-state index contributed by atoms with van der Waals surface area (Å²) in [4.78, 5) is 25.8. The van der Waals surface area contributed by atoms with E-state index < -0.39 is 34.9 Å². The van der Waals surface area contributed by atoms with Crippen LogP contribution in [0.25, 0.3) is 0 Å². The van der Waals surface area contributed by atoms with Gasteiger partial charge < -0.3 is 20.6 Å². The number of halogens is 3. The fraction of sp³-hybridized carbons (Fsp3) is 0.222. The first-order valence-electron chi connectivity index (χ1n) is 8.20. The Hall–Kier alpha value is -2.87. The van der Waals surface area contributed by atoms with Crippen molar-refractivity contribution < 1.29 is 23.5 Å². The second kappa shape index (κ2) is 7.79. The van der Waals surface area contributed by atoms with Crippen molar-refractivity contribution in [1.29, 1.82) is 0 Å². The highest BCUT2D eigenvalue weighted by Gasteiger charge is 2.22. The summed E-state index contributed by atoms with van der Waals surface area (Å²) in [5.74, 6) is -3.20. The van der Waals surface area contributed by atoms with E-state index in [1.165, 1.54) is 17.0 Å². The smallest absolute Gasteiger partial charge is 0.321 e. The third-order valence-electron chi connectivity index (χ3n) is 4.17. The number of benzene rings is 2. The lowest BCUT2D eigenvalue weighted by Gasteiger charge is -2.17. The largest absolute Gasteiger partial charge is 0.507 e. The fourth-order valence-electron chi connectivity index (χ4n) is 2.75. The molecule has 2 aromatic carbocycles. The van der Waals surface area contributed by atoms with Crippen molar-refractivity contribution in [2.75, 3.05) is 23.7 Å². The monoisotopic (exact) mass is 395 g/mol. The van der Waals surface area contributed by atoms with Crippen LogP contribution in [-0.2, 0) is 0 Å². The maximum absolute atomic E-state index is 14.3. The third kappa shape index (κ3) is 4.11. The highest BCUT2D eigenvalue weighted by molar-refractivity contribution is 6.34. The molecule has 0 aromatic heterocycles. The van der Waals surface area contributed by atoms with Gasteiger partial charge in [-0.05, 0) is 31.0 Å². The number of nitrogens with one attached hydrogen (secondary N) is 2. The van der Waals surface area contributed by atoms with E-state index in [9.17, 15) is 23.5 Å². The Kier molecular flexibility index (Phi) is 5.46. The molecule has 1 fully saturated rings. The maximum atomic E-state index is 14.3. The standard InChI is InChI=1S/C18H16ClF2N3O3/c19-11-4-3-5-12(20)16(11)23-17(26)10-8-13(21)14(9-15(10)25)22-18(27)24-6-1-2-7-24/h3-5,8-9,25H,1-2,6-7H2,(H,22,27)(H,23,26). The molecular weight excluding hydrogens is 380 g/mol. The topological polar surface area (TPSA) is 81.7 Å². The van der Waals surface area contributed by atoms with E-state index in [1.54, 1.807) is 0 Å². The molecule has 1 aliphatic rings. The van der Waals surface area contributed by atoms with E-state index in [2.05, 4.69) is 10.6 Å². The molecule has 0 bridgehead atoms. The molecule has 142 valence electrons. The molecule has 3 N–H and O–H groups in total. The minimum absolute atomic E-state index is 0.0437. The molecular formula is C18H16ClF2N3O3. The van der Waals surface area contributed by atoms with E-state index in [4.69, 9.17) is 11.6 Å². The summed E-state index contributed by atoms with van der Waals surface area (Å²) < 4.78 is 28.1. The predicted molar refractivity (Wildman–Crippen MR) is 97.3 cm³/mol. The molecule has 1 saturated heterocycles. The minimum Gasteiger partial charge on any atom is -0.507 e. The van der Waals surface area contributed by atoms with Crippen molar-refractivity contribution in [3.8, 4) is 5.75 Å². The molecule has 0 saturated carbocycles. The number of para-hydroxylation sites is 1. The van der Waals surface area contributed by atoms with Crippen molar-refractivity contribution in [1.82, 2.24) is 4.90 Å². The van der Waals surface area contributed by atoms with Crippen molar-refractivity contribution in [3.63, 3.8) is 0 Å². The first-order chi connectivity index (χ1) is 12.9. The summed E-state index contributed by atoms with van der Waals surface area (Å²) in [7, 11) is 0. The van der Waals surface area contributed by atoms with Crippen LogP contribution in [0.5, 0.6) is 5.75 Å². The number of phenolic OH excluding ortho intramolecular Hbond substituents is 1. The lowest BCUT2D eigenvalue weighted by Crippen LogP contribution is -2.32. The molecule has 0 atom stereocenters. The van der Waals surface area contributed by atoms with E-state index >= 15 is 0 Å². The molecule has 0 unspecified atom stereocenters. The quantitative estimate of drug-likeness (QED) is 0.728. The first kappa shape index (κ1) is 18.9. The Morgan fingerprint density at radius 1 is 1.07 bits per heavy atom. The van der Waals surface area contributed by atoms with Gasteiger partial charge in [-0.3, -0.25) is 4.79 Å². The van der Waals surface area contributed by atoms with Gasteiger partial charge in [-0.2, -0.15) is 0 Å². The number of nitrogens with zero attached hydrogens (tertiary/aromatic N) is 1. The lowest BCUT2D eigenvalue weighted by molar-refractivity contribution is 0.102. The van der Waals surface area contributed by atoms with Crippen LogP contribution in [0, 0.1) is 11.6 Å². The SMILES string of the molecule is O=C(Nc1c(F)cccc1Cl)c1cc(F)c(NC(=O)N2CCCC2)cc1O. The van der Waals surface area contributed by atoms with Gasteiger partial charge in [-0.1, -0.05) is 17.7 Å². The van der Waals surface area contributed by atoms with E-state index in [0.717, 1.165) is 31.0 Å². The number of aromatic hydroxyl groups is 1. The maximum Gasteiger partial charge on any atom is 0.321 e. The number of carbonyl (C=O) groups excluding carboxylic acids is 2. The number of likely N-dealkylation sites (tertiary alicyclic amines) is 1. The Morgan fingerprint density at radius 2 is 1.78 bits per heavy atom. The lowest BCUT2D eigenvalue weighted by atomic mass is 10.1. The zero-order valence-electron chi connectivity index (χ0n) is 14.1. The molecule has 0 spiro atoms. The van der Waals surface area contributed by atoms with Crippen molar-refractivity contribution >= 4 is 34.9 Å². The number of carbonyl (C=O) groups is 2. The third-order valence-corrected chi connectivity index (χ3v) is 4.48. The van der Waals surface area contributed by atoms with Crippen LogP contribution in [0.4, 0.5) is 25.0 Å². The van der Waals surface area contributed by atoms with Crippen molar-refractivity contribution in [3.05, 3.63) is 52.6 Å². The van der Waals surface area contributed by atoms with Gasteiger partial charge in [0.1, 0.15) is 17.4 Å². The van der Waals surface area contributed by atoms with Gasteiger partial charge in [0.2, 0.25) is 0 Å². The van der Waals surface area contributed by atoms with Crippen LogP contribution in [0.1, 0.15) is 23.2 Å². The van der Waals surface area contributed by atoms with Crippen molar-refractivity contribution in [2.24, 2.45) is 0 Å². The second-order valence-corrected chi connectivity index (χ2v) is 6.43. The summed E-state index contributed by atoms with van der Waals surface area (Å²) in [5, 5.41) is 14.6. The number of rotatable bonds is 3. The first-order valence-corrected chi connectivity index (χ1v) is 8.58. The van der Waals surface area contributed by atoms with Gasteiger partial charge in [-0.15, -0.1) is 0 Å². The number of phenols is 1. The minimum atomic E-state index is -0.948. The molecule has 1 heterocycles.